The molecule has 1 atom stereocenters. The minimum atomic E-state index is -0.0824. The molecule has 1 aromatic rings. The molecule has 0 spiro atoms. The number of carbonyl (C=O) groups is 2. The second-order valence-electron chi connectivity index (χ2n) is 8.24. The van der Waals surface area contributed by atoms with E-state index in [1.54, 1.807) is 0 Å². The second-order valence-corrected chi connectivity index (χ2v) is 8.24. The second kappa shape index (κ2) is 9.31. The summed E-state index contributed by atoms with van der Waals surface area (Å²) in [4.78, 5) is 32.6. The van der Waals surface area contributed by atoms with Gasteiger partial charge in [-0.3, -0.25) is 19.5 Å². The largest absolute Gasteiger partial charge is 0.347 e. The molecule has 6 nitrogen and oxygen atoms in total. The summed E-state index contributed by atoms with van der Waals surface area (Å²) >= 11 is 0. The molecule has 6 heteroatoms. The fourth-order valence-electron chi connectivity index (χ4n) is 4.21. The van der Waals surface area contributed by atoms with Crippen molar-refractivity contribution in [2.45, 2.75) is 39.7 Å². The van der Waals surface area contributed by atoms with E-state index in [9.17, 15) is 9.59 Å². The molecular weight excluding hydrogens is 340 g/mol. The molecular formula is C21H32N4O2. The number of hydrogen-bond acceptors (Lipinski definition) is 4. The standard InChI is InChI=1S/C21H32N4O2/c1-16(2)21(27)23-13-20(26)25-11-7-19(15-25)18-5-9-24(10-6-18)14-17-4-3-8-22-12-17/h3-4,8,12,16,18-19H,5-7,9-11,13-15H2,1-2H3,(H,23,27)/t19-/m0/s1. The Morgan fingerprint density at radius 2 is 1.93 bits per heavy atom. The van der Waals surface area contributed by atoms with Gasteiger partial charge >= 0.3 is 0 Å². The zero-order valence-electron chi connectivity index (χ0n) is 16.6. The van der Waals surface area contributed by atoms with Gasteiger partial charge in [-0.25, -0.2) is 0 Å². The summed E-state index contributed by atoms with van der Waals surface area (Å²) in [5, 5.41) is 2.74. The fourth-order valence-corrected chi connectivity index (χ4v) is 4.21. The Bertz CT molecular complexity index is 626. The zero-order chi connectivity index (χ0) is 19.2. The van der Waals surface area contributed by atoms with Crippen molar-refractivity contribution in [3.8, 4) is 0 Å². The highest BCUT2D eigenvalue weighted by Crippen LogP contribution is 2.32. The monoisotopic (exact) mass is 372 g/mol. The van der Waals surface area contributed by atoms with Gasteiger partial charge in [-0.15, -0.1) is 0 Å². The number of hydrogen-bond donors (Lipinski definition) is 1. The molecule has 2 fully saturated rings. The molecule has 148 valence electrons. The minimum Gasteiger partial charge on any atom is -0.347 e. The molecule has 0 bridgehead atoms. The highest BCUT2D eigenvalue weighted by atomic mass is 16.2. The van der Waals surface area contributed by atoms with Crippen LogP contribution in [0.5, 0.6) is 0 Å². The van der Waals surface area contributed by atoms with Gasteiger partial charge in [0.25, 0.3) is 0 Å². The number of likely N-dealkylation sites (tertiary alicyclic amines) is 2. The van der Waals surface area contributed by atoms with E-state index in [0.29, 0.717) is 11.8 Å². The molecule has 1 N–H and O–H groups in total. The van der Waals surface area contributed by atoms with Crippen LogP contribution in [0, 0.1) is 17.8 Å². The number of nitrogens with one attached hydrogen (secondary N) is 1. The van der Waals surface area contributed by atoms with Crippen LogP contribution in [0.4, 0.5) is 0 Å². The SMILES string of the molecule is CC(C)C(=O)NCC(=O)N1CC[C@H](C2CCN(Cc3cccnc3)CC2)C1. The number of rotatable bonds is 6. The van der Waals surface area contributed by atoms with Crippen molar-refractivity contribution in [2.75, 3.05) is 32.7 Å². The fraction of sp³-hybridized carbons (Fsp3) is 0.667. The van der Waals surface area contributed by atoms with Crippen LogP contribution in [0.1, 0.15) is 38.7 Å². The van der Waals surface area contributed by atoms with Crippen LogP contribution in [0.15, 0.2) is 24.5 Å². The first-order chi connectivity index (χ1) is 13.0. The lowest BCUT2D eigenvalue weighted by atomic mass is 9.83. The molecule has 0 saturated carbocycles. The summed E-state index contributed by atoms with van der Waals surface area (Å²) in [6.07, 6.45) is 7.27. The number of carbonyl (C=O) groups excluding carboxylic acids is 2. The highest BCUT2D eigenvalue weighted by molar-refractivity contribution is 5.85. The van der Waals surface area contributed by atoms with Gasteiger partial charge in [0.05, 0.1) is 6.54 Å². The van der Waals surface area contributed by atoms with Crippen LogP contribution in [-0.4, -0.2) is 59.3 Å². The summed E-state index contributed by atoms with van der Waals surface area (Å²) in [6, 6.07) is 4.13. The summed E-state index contributed by atoms with van der Waals surface area (Å²) < 4.78 is 0. The molecule has 0 radical (unpaired) electrons. The van der Waals surface area contributed by atoms with Crippen LogP contribution >= 0.6 is 0 Å². The molecule has 0 unspecified atom stereocenters. The van der Waals surface area contributed by atoms with Crippen molar-refractivity contribution in [3.05, 3.63) is 30.1 Å². The molecule has 0 aromatic carbocycles. The molecule has 2 aliphatic rings. The van der Waals surface area contributed by atoms with Crippen molar-refractivity contribution >= 4 is 11.8 Å². The summed E-state index contributed by atoms with van der Waals surface area (Å²) in [6.45, 7) is 8.71. The van der Waals surface area contributed by atoms with Crippen molar-refractivity contribution < 1.29 is 9.59 Å². The van der Waals surface area contributed by atoms with E-state index in [1.165, 1.54) is 18.4 Å². The maximum Gasteiger partial charge on any atom is 0.241 e. The Hall–Kier alpha value is -1.95. The van der Waals surface area contributed by atoms with Gasteiger partial charge in [-0.05, 0) is 55.8 Å². The topological polar surface area (TPSA) is 65.5 Å². The first kappa shape index (κ1) is 19.8. The molecule has 1 aromatic heterocycles. The Kier molecular flexibility index (Phi) is 6.83. The third-order valence-corrected chi connectivity index (χ3v) is 5.94. The molecule has 2 saturated heterocycles. The number of amides is 2. The zero-order valence-corrected chi connectivity index (χ0v) is 16.6. The number of nitrogens with zero attached hydrogens (tertiary/aromatic N) is 3. The van der Waals surface area contributed by atoms with Gasteiger partial charge < -0.3 is 10.2 Å². The van der Waals surface area contributed by atoms with Gasteiger partial charge in [0.2, 0.25) is 11.8 Å². The van der Waals surface area contributed by atoms with E-state index in [1.807, 2.05) is 37.2 Å². The Morgan fingerprint density at radius 3 is 2.59 bits per heavy atom. The summed E-state index contributed by atoms with van der Waals surface area (Å²) in [5.74, 6) is 1.23. The predicted octanol–water partition coefficient (Wildman–Crippen LogP) is 1.91. The molecule has 2 aliphatic heterocycles. The molecule has 3 heterocycles. The van der Waals surface area contributed by atoms with Gasteiger partial charge in [0, 0.05) is 37.9 Å². The third-order valence-electron chi connectivity index (χ3n) is 5.94. The van der Waals surface area contributed by atoms with Crippen molar-refractivity contribution in [1.29, 1.82) is 0 Å². The first-order valence-electron chi connectivity index (χ1n) is 10.2. The van der Waals surface area contributed by atoms with Gasteiger partial charge in [-0.2, -0.15) is 0 Å². The average molecular weight is 373 g/mol. The van der Waals surface area contributed by atoms with Crippen LogP contribution in [0.25, 0.3) is 0 Å². The maximum atomic E-state index is 12.4. The Morgan fingerprint density at radius 1 is 1.19 bits per heavy atom. The van der Waals surface area contributed by atoms with Crippen LogP contribution in [0.2, 0.25) is 0 Å². The van der Waals surface area contributed by atoms with Crippen LogP contribution in [-0.2, 0) is 16.1 Å². The number of piperidine rings is 1. The average Bonchev–Trinajstić information content (AvgIpc) is 3.17. The van der Waals surface area contributed by atoms with Gasteiger partial charge in [-0.1, -0.05) is 19.9 Å². The Labute approximate surface area is 162 Å². The molecule has 0 aliphatic carbocycles. The molecule has 27 heavy (non-hydrogen) atoms. The minimum absolute atomic E-state index is 0.0555. The van der Waals surface area contributed by atoms with Crippen LogP contribution in [0.3, 0.4) is 0 Å². The smallest absolute Gasteiger partial charge is 0.241 e. The Balaban J connectivity index is 1.39. The summed E-state index contributed by atoms with van der Waals surface area (Å²) in [5.41, 5.74) is 1.28. The van der Waals surface area contributed by atoms with Crippen molar-refractivity contribution in [1.82, 2.24) is 20.1 Å². The third kappa shape index (κ3) is 5.51. The maximum absolute atomic E-state index is 12.4. The van der Waals surface area contributed by atoms with E-state index < -0.39 is 0 Å². The van der Waals surface area contributed by atoms with E-state index >= 15 is 0 Å². The van der Waals surface area contributed by atoms with E-state index in [-0.39, 0.29) is 24.3 Å². The number of aromatic nitrogens is 1. The summed E-state index contributed by atoms with van der Waals surface area (Å²) in [7, 11) is 0. The van der Waals surface area contributed by atoms with E-state index in [2.05, 4.69) is 21.3 Å². The molecule has 3 rings (SSSR count). The van der Waals surface area contributed by atoms with Gasteiger partial charge in [0.15, 0.2) is 0 Å². The normalized spacial score (nSPS) is 21.6. The van der Waals surface area contributed by atoms with Crippen molar-refractivity contribution in [2.24, 2.45) is 17.8 Å². The first-order valence-corrected chi connectivity index (χ1v) is 10.2. The highest BCUT2D eigenvalue weighted by Gasteiger charge is 2.33. The number of pyridine rings is 1. The lowest BCUT2D eigenvalue weighted by Crippen LogP contribution is -2.41. The quantitative estimate of drug-likeness (QED) is 0.828. The van der Waals surface area contributed by atoms with Gasteiger partial charge in [0.1, 0.15) is 0 Å². The lowest BCUT2D eigenvalue weighted by Gasteiger charge is -2.34. The van der Waals surface area contributed by atoms with E-state index in [0.717, 1.165) is 39.1 Å². The lowest BCUT2D eigenvalue weighted by molar-refractivity contribution is -0.133. The molecule has 2 amide bonds. The van der Waals surface area contributed by atoms with E-state index in [4.69, 9.17) is 0 Å². The predicted molar refractivity (Wildman–Crippen MR) is 105 cm³/mol. The van der Waals surface area contributed by atoms with Crippen LogP contribution < -0.4 is 5.32 Å². The van der Waals surface area contributed by atoms with Crippen molar-refractivity contribution in [3.63, 3.8) is 0 Å².